The highest BCUT2D eigenvalue weighted by atomic mass is 19.1. The molecule has 2 aliphatic heterocycles. The molecule has 0 radical (unpaired) electrons. The quantitative estimate of drug-likeness (QED) is 0.868. The smallest absolute Gasteiger partial charge is 0.223 e. The van der Waals surface area contributed by atoms with E-state index >= 15 is 0 Å². The maximum absolute atomic E-state index is 13.4. The Balaban J connectivity index is 1.61. The zero-order valence-corrected chi connectivity index (χ0v) is 12.7. The Hall–Kier alpha value is -2.41. The predicted octanol–water partition coefficient (Wildman–Crippen LogP) is 1.26. The molecule has 0 spiro atoms. The van der Waals surface area contributed by atoms with Crippen molar-refractivity contribution in [2.24, 2.45) is 5.73 Å². The van der Waals surface area contributed by atoms with Crippen LogP contribution >= 0.6 is 0 Å². The van der Waals surface area contributed by atoms with E-state index in [1.165, 1.54) is 6.07 Å². The number of benzene rings is 1. The van der Waals surface area contributed by atoms with E-state index in [0.29, 0.717) is 13.1 Å². The number of halogens is 1. The number of hydrogen-bond donors (Lipinski definition) is 2. The van der Waals surface area contributed by atoms with Gasteiger partial charge in [-0.15, -0.1) is 0 Å². The molecule has 1 unspecified atom stereocenters. The molecule has 0 aliphatic carbocycles. The Morgan fingerprint density at radius 1 is 1.04 bits per heavy atom. The third-order valence-corrected chi connectivity index (χ3v) is 4.48. The second kappa shape index (κ2) is 5.34. The average molecular weight is 314 g/mol. The first-order valence-corrected chi connectivity index (χ1v) is 7.76. The first-order valence-electron chi connectivity index (χ1n) is 7.76. The Morgan fingerprint density at radius 2 is 1.78 bits per heavy atom. The molecule has 120 valence electrons. The number of nitrogens with two attached hydrogens (primary N) is 2. The summed E-state index contributed by atoms with van der Waals surface area (Å²) in [7, 11) is 0. The van der Waals surface area contributed by atoms with Crippen molar-refractivity contribution in [3.8, 4) is 0 Å². The summed E-state index contributed by atoms with van der Waals surface area (Å²) in [5, 5.41) is 0. The Labute approximate surface area is 133 Å². The molecule has 1 atom stereocenters. The number of hydrogen-bond acceptors (Lipinski definition) is 6. The van der Waals surface area contributed by atoms with Crippen molar-refractivity contribution in [2.75, 3.05) is 28.6 Å². The standard InChI is InChI=1S/C16H19FN6/c17-12-2-1-10-7-23(8-11(10)5-12)15-6-14(20-16(19)21-15)22-4-3-13(18)9-22/h1-2,5-6,13H,3-4,7-9,18H2,(H2,19,20,21). The van der Waals surface area contributed by atoms with Crippen LogP contribution in [0.3, 0.4) is 0 Å². The second-order valence-electron chi connectivity index (χ2n) is 6.21. The molecule has 2 aliphatic rings. The van der Waals surface area contributed by atoms with E-state index in [4.69, 9.17) is 11.5 Å². The third kappa shape index (κ3) is 2.68. The van der Waals surface area contributed by atoms with Crippen LogP contribution in [0.25, 0.3) is 0 Å². The molecule has 2 aromatic rings. The molecule has 4 rings (SSSR count). The Kier molecular flexibility index (Phi) is 3.30. The van der Waals surface area contributed by atoms with Gasteiger partial charge in [0.2, 0.25) is 5.95 Å². The minimum Gasteiger partial charge on any atom is -0.368 e. The van der Waals surface area contributed by atoms with Crippen molar-refractivity contribution in [1.29, 1.82) is 0 Å². The zero-order chi connectivity index (χ0) is 16.0. The molecular formula is C16H19FN6. The van der Waals surface area contributed by atoms with Crippen molar-refractivity contribution in [2.45, 2.75) is 25.6 Å². The highest BCUT2D eigenvalue weighted by Crippen LogP contribution is 2.30. The lowest BCUT2D eigenvalue weighted by Crippen LogP contribution is -2.27. The lowest BCUT2D eigenvalue weighted by Gasteiger charge is -2.21. The minimum atomic E-state index is -0.209. The summed E-state index contributed by atoms with van der Waals surface area (Å²) < 4.78 is 13.4. The number of aromatic nitrogens is 2. The van der Waals surface area contributed by atoms with Crippen LogP contribution in [0, 0.1) is 5.82 Å². The number of nitrogens with zero attached hydrogens (tertiary/aromatic N) is 4. The van der Waals surface area contributed by atoms with E-state index in [-0.39, 0.29) is 17.8 Å². The van der Waals surface area contributed by atoms with Gasteiger partial charge in [-0.05, 0) is 29.7 Å². The van der Waals surface area contributed by atoms with Gasteiger partial charge in [-0.2, -0.15) is 9.97 Å². The summed E-state index contributed by atoms with van der Waals surface area (Å²) in [5.74, 6) is 1.62. The van der Waals surface area contributed by atoms with E-state index in [2.05, 4.69) is 19.8 Å². The van der Waals surface area contributed by atoms with Gasteiger partial charge in [-0.3, -0.25) is 0 Å². The average Bonchev–Trinajstić information content (AvgIpc) is 3.12. The van der Waals surface area contributed by atoms with Gasteiger partial charge in [0.05, 0.1) is 0 Å². The minimum absolute atomic E-state index is 0.175. The number of rotatable bonds is 2. The topological polar surface area (TPSA) is 84.3 Å². The first-order chi connectivity index (χ1) is 11.1. The van der Waals surface area contributed by atoms with Crippen molar-refractivity contribution in [3.63, 3.8) is 0 Å². The van der Waals surface area contributed by atoms with Gasteiger partial charge in [0.15, 0.2) is 0 Å². The molecule has 0 saturated carbocycles. The van der Waals surface area contributed by atoms with Gasteiger partial charge in [-0.25, -0.2) is 4.39 Å². The van der Waals surface area contributed by atoms with Gasteiger partial charge < -0.3 is 21.3 Å². The molecule has 0 amide bonds. The van der Waals surface area contributed by atoms with Crippen LogP contribution in [0.5, 0.6) is 0 Å². The molecule has 23 heavy (non-hydrogen) atoms. The van der Waals surface area contributed by atoms with Gasteiger partial charge in [0.25, 0.3) is 0 Å². The number of anilines is 3. The molecule has 0 bridgehead atoms. The summed E-state index contributed by atoms with van der Waals surface area (Å²) in [6, 6.07) is 7.02. The maximum atomic E-state index is 13.4. The highest BCUT2D eigenvalue weighted by Gasteiger charge is 2.24. The number of nitrogen functional groups attached to an aromatic ring is 1. The van der Waals surface area contributed by atoms with Crippen LogP contribution in [0.1, 0.15) is 17.5 Å². The largest absolute Gasteiger partial charge is 0.368 e. The lowest BCUT2D eigenvalue weighted by molar-refractivity contribution is 0.626. The summed E-state index contributed by atoms with van der Waals surface area (Å²) in [6.45, 7) is 2.98. The normalized spacial score (nSPS) is 20.2. The van der Waals surface area contributed by atoms with E-state index in [9.17, 15) is 4.39 Å². The monoisotopic (exact) mass is 314 g/mol. The maximum Gasteiger partial charge on any atom is 0.223 e. The molecular weight excluding hydrogens is 295 g/mol. The molecule has 3 heterocycles. The summed E-state index contributed by atoms with van der Waals surface area (Å²) in [6.07, 6.45) is 0.952. The van der Waals surface area contributed by atoms with Gasteiger partial charge >= 0.3 is 0 Å². The fourth-order valence-electron chi connectivity index (χ4n) is 3.28. The van der Waals surface area contributed by atoms with Gasteiger partial charge in [-0.1, -0.05) is 6.07 Å². The van der Waals surface area contributed by atoms with Crippen LogP contribution in [-0.2, 0) is 13.1 Å². The molecule has 1 aromatic heterocycles. The van der Waals surface area contributed by atoms with Crippen LogP contribution < -0.4 is 21.3 Å². The third-order valence-electron chi connectivity index (χ3n) is 4.48. The van der Waals surface area contributed by atoms with E-state index in [0.717, 1.165) is 42.3 Å². The Morgan fingerprint density at radius 3 is 2.52 bits per heavy atom. The van der Waals surface area contributed by atoms with Crippen LogP contribution in [0.15, 0.2) is 24.3 Å². The van der Waals surface area contributed by atoms with Crippen LogP contribution in [-0.4, -0.2) is 29.1 Å². The molecule has 1 aromatic carbocycles. The second-order valence-corrected chi connectivity index (χ2v) is 6.21. The summed E-state index contributed by atoms with van der Waals surface area (Å²) in [5.41, 5.74) is 14.0. The molecule has 6 nitrogen and oxygen atoms in total. The van der Waals surface area contributed by atoms with Gasteiger partial charge in [0.1, 0.15) is 17.5 Å². The van der Waals surface area contributed by atoms with E-state index in [1.54, 1.807) is 6.07 Å². The lowest BCUT2D eigenvalue weighted by atomic mass is 10.1. The highest BCUT2D eigenvalue weighted by molar-refractivity contribution is 5.57. The summed E-state index contributed by atoms with van der Waals surface area (Å²) >= 11 is 0. The van der Waals surface area contributed by atoms with Gasteiger partial charge in [0, 0.05) is 38.3 Å². The SMILES string of the molecule is Nc1nc(N2Cc3ccc(F)cc3C2)cc(N2CCC(N)C2)n1. The van der Waals surface area contributed by atoms with E-state index in [1.807, 2.05) is 12.1 Å². The molecule has 7 heteroatoms. The zero-order valence-electron chi connectivity index (χ0n) is 12.7. The molecule has 4 N–H and O–H groups in total. The fraction of sp³-hybridized carbons (Fsp3) is 0.375. The van der Waals surface area contributed by atoms with Crippen molar-refractivity contribution < 1.29 is 4.39 Å². The Bertz CT molecular complexity index is 749. The summed E-state index contributed by atoms with van der Waals surface area (Å²) in [4.78, 5) is 12.9. The van der Waals surface area contributed by atoms with Crippen molar-refractivity contribution >= 4 is 17.6 Å². The van der Waals surface area contributed by atoms with Crippen molar-refractivity contribution in [3.05, 3.63) is 41.2 Å². The molecule has 1 saturated heterocycles. The van der Waals surface area contributed by atoms with E-state index < -0.39 is 0 Å². The number of fused-ring (bicyclic) bond motifs is 1. The van der Waals surface area contributed by atoms with Crippen molar-refractivity contribution in [1.82, 2.24) is 9.97 Å². The first kappa shape index (κ1) is 14.2. The van der Waals surface area contributed by atoms with Crippen LogP contribution in [0.2, 0.25) is 0 Å². The predicted molar refractivity (Wildman–Crippen MR) is 87.5 cm³/mol. The van der Waals surface area contributed by atoms with Crippen LogP contribution in [0.4, 0.5) is 22.0 Å². The molecule has 1 fully saturated rings. The fourth-order valence-corrected chi connectivity index (χ4v) is 3.28.